The van der Waals surface area contributed by atoms with Crippen LogP contribution in [0, 0.1) is 0 Å². The molecule has 0 rings (SSSR count). The van der Waals surface area contributed by atoms with Crippen molar-refractivity contribution in [1.29, 1.82) is 0 Å². The molecule has 0 aliphatic rings. The first-order chi connectivity index (χ1) is 21.1. The lowest BCUT2D eigenvalue weighted by Gasteiger charge is -2.21. The zero-order chi connectivity index (χ0) is 31.5. The van der Waals surface area contributed by atoms with E-state index in [0.29, 0.717) is 0 Å². The molecule has 0 spiro atoms. The summed E-state index contributed by atoms with van der Waals surface area (Å²) >= 11 is 0. The maximum atomic E-state index is 12.4. The minimum atomic E-state index is -0.208. The van der Waals surface area contributed by atoms with Gasteiger partial charge in [-0.25, -0.2) is 4.79 Å². The number of amides is 1. The second-order valence-corrected chi connectivity index (χ2v) is 13.7. The molecular weight excluding hydrogens is 528 g/mol. The summed E-state index contributed by atoms with van der Waals surface area (Å²) in [5.74, 6) is 0. The van der Waals surface area contributed by atoms with Crippen LogP contribution in [0.3, 0.4) is 0 Å². The summed E-state index contributed by atoms with van der Waals surface area (Å²) in [6.07, 6.45) is 43.8. The molecular formula is C39H80N2O2. The Balaban J connectivity index is 3.38. The van der Waals surface area contributed by atoms with E-state index < -0.39 is 0 Å². The lowest BCUT2D eigenvalue weighted by molar-refractivity contribution is -0.0906. The highest BCUT2D eigenvalue weighted by molar-refractivity contribution is 5.66. The summed E-state index contributed by atoms with van der Waals surface area (Å²) < 4.78 is 0. The zero-order valence-corrected chi connectivity index (χ0v) is 30.3. The minimum Gasteiger partial charge on any atom is -0.351 e. The molecule has 0 radical (unpaired) electrons. The topological polar surface area (TPSA) is 32.8 Å². The van der Waals surface area contributed by atoms with Crippen LogP contribution in [-0.2, 0) is 4.84 Å². The van der Waals surface area contributed by atoms with Crippen LogP contribution in [0.2, 0.25) is 0 Å². The first-order valence-corrected chi connectivity index (χ1v) is 19.8. The molecule has 0 atom stereocenters. The van der Waals surface area contributed by atoms with E-state index in [1.54, 1.807) is 9.96 Å². The van der Waals surface area contributed by atoms with Gasteiger partial charge >= 0.3 is 6.09 Å². The van der Waals surface area contributed by atoms with Crippen molar-refractivity contribution in [3.63, 3.8) is 0 Å². The van der Waals surface area contributed by atoms with Gasteiger partial charge in [-0.05, 0) is 12.8 Å². The van der Waals surface area contributed by atoms with Gasteiger partial charge in [0.1, 0.15) is 0 Å². The largest absolute Gasteiger partial charge is 0.428 e. The second kappa shape index (κ2) is 35.7. The molecule has 0 bridgehead atoms. The zero-order valence-electron chi connectivity index (χ0n) is 30.3. The fraction of sp³-hybridized carbons (Fsp3) is 0.974. The molecule has 0 heterocycles. The Kier molecular flexibility index (Phi) is 35.1. The Morgan fingerprint density at radius 3 is 0.884 bits per heavy atom. The Hall–Kier alpha value is -0.770. The highest BCUT2D eigenvalue weighted by Gasteiger charge is 2.12. The van der Waals surface area contributed by atoms with Gasteiger partial charge in [0, 0.05) is 27.2 Å². The Labute approximate surface area is 271 Å². The molecule has 0 unspecified atom stereocenters. The van der Waals surface area contributed by atoms with Crippen molar-refractivity contribution in [2.75, 3.05) is 27.2 Å². The summed E-state index contributed by atoms with van der Waals surface area (Å²) in [6.45, 7) is 6.21. The summed E-state index contributed by atoms with van der Waals surface area (Å²) in [7, 11) is 3.77. The number of carbonyl (C=O) groups excluding carboxylic acids is 1. The Morgan fingerprint density at radius 1 is 0.372 bits per heavy atom. The number of nitrogens with zero attached hydrogens (tertiary/aromatic N) is 2. The molecule has 0 aliphatic heterocycles. The third kappa shape index (κ3) is 34.0. The highest BCUT2D eigenvalue weighted by Crippen LogP contribution is 2.15. The fourth-order valence-corrected chi connectivity index (χ4v) is 6.12. The van der Waals surface area contributed by atoms with Gasteiger partial charge in [0.2, 0.25) is 0 Å². The van der Waals surface area contributed by atoms with E-state index in [2.05, 4.69) is 13.8 Å². The Morgan fingerprint density at radius 2 is 0.605 bits per heavy atom. The fourth-order valence-electron chi connectivity index (χ4n) is 6.12. The van der Waals surface area contributed by atoms with Crippen molar-refractivity contribution in [2.24, 2.45) is 0 Å². The van der Waals surface area contributed by atoms with Crippen molar-refractivity contribution in [1.82, 2.24) is 9.96 Å². The molecule has 0 N–H and O–H groups in total. The molecule has 0 fully saturated rings. The van der Waals surface area contributed by atoms with Crippen LogP contribution in [0.5, 0.6) is 0 Å². The number of carbonyl (C=O) groups is 1. The third-order valence-corrected chi connectivity index (χ3v) is 9.22. The van der Waals surface area contributed by atoms with Crippen LogP contribution in [-0.4, -0.2) is 43.2 Å². The molecule has 0 aromatic rings. The van der Waals surface area contributed by atoms with Crippen molar-refractivity contribution in [3.05, 3.63) is 0 Å². The maximum absolute atomic E-state index is 12.4. The molecule has 0 aromatic carbocycles. The van der Waals surface area contributed by atoms with Crippen molar-refractivity contribution >= 4 is 6.09 Å². The van der Waals surface area contributed by atoms with E-state index >= 15 is 0 Å². The Bertz CT molecular complexity index is 541. The summed E-state index contributed by atoms with van der Waals surface area (Å²) in [4.78, 5) is 19.7. The van der Waals surface area contributed by atoms with Gasteiger partial charge in [0.15, 0.2) is 0 Å². The first kappa shape index (κ1) is 42.2. The van der Waals surface area contributed by atoms with Crippen molar-refractivity contribution in [2.45, 2.75) is 219 Å². The van der Waals surface area contributed by atoms with E-state index in [-0.39, 0.29) is 6.09 Å². The molecule has 43 heavy (non-hydrogen) atoms. The molecule has 0 aromatic heterocycles. The minimum absolute atomic E-state index is 0.208. The lowest BCUT2D eigenvalue weighted by atomic mass is 10.0. The van der Waals surface area contributed by atoms with Crippen molar-refractivity contribution in [3.8, 4) is 0 Å². The van der Waals surface area contributed by atoms with Crippen LogP contribution < -0.4 is 0 Å². The third-order valence-electron chi connectivity index (χ3n) is 9.22. The van der Waals surface area contributed by atoms with Crippen molar-refractivity contribution < 1.29 is 9.63 Å². The monoisotopic (exact) mass is 609 g/mol. The molecule has 1 amide bonds. The molecule has 4 heteroatoms. The average molecular weight is 609 g/mol. The van der Waals surface area contributed by atoms with Gasteiger partial charge < -0.3 is 9.74 Å². The van der Waals surface area contributed by atoms with E-state index in [9.17, 15) is 4.79 Å². The molecule has 0 saturated heterocycles. The van der Waals surface area contributed by atoms with E-state index in [1.807, 2.05) is 14.1 Å². The summed E-state index contributed by atoms with van der Waals surface area (Å²) in [5, 5.41) is 1.73. The molecule has 0 saturated carbocycles. The number of rotatable bonds is 35. The highest BCUT2D eigenvalue weighted by atomic mass is 16.7. The van der Waals surface area contributed by atoms with Crippen LogP contribution in [0.25, 0.3) is 0 Å². The average Bonchev–Trinajstić information content (AvgIpc) is 3.00. The van der Waals surface area contributed by atoms with E-state index in [1.165, 1.54) is 193 Å². The quantitative estimate of drug-likeness (QED) is 0.0530. The van der Waals surface area contributed by atoms with Gasteiger partial charge in [0.25, 0.3) is 0 Å². The van der Waals surface area contributed by atoms with Crippen LogP contribution in [0.1, 0.15) is 219 Å². The normalized spacial score (nSPS) is 11.5. The van der Waals surface area contributed by atoms with Gasteiger partial charge in [-0.2, -0.15) is 0 Å². The standard InChI is InChI=1S/C39H80N2O2/c1-5-7-9-11-13-15-17-19-21-23-25-27-29-31-33-35-37-40(3)39(42)43-41(4)38-36-34-32-30-28-26-24-22-20-18-16-14-12-10-8-6-2/h5-38H2,1-4H3. The van der Waals surface area contributed by atoms with Gasteiger partial charge in [-0.1, -0.05) is 206 Å². The maximum Gasteiger partial charge on any atom is 0.428 e. The van der Waals surface area contributed by atoms with E-state index in [4.69, 9.17) is 4.84 Å². The first-order valence-electron chi connectivity index (χ1n) is 19.8. The van der Waals surface area contributed by atoms with Crippen LogP contribution in [0.4, 0.5) is 4.79 Å². The lowest BCUT2D eigenvalue weighted by Crippen LogP contribution is -2.34. The van der Waals surface area contributed by atoms with Gasteiger partial charge in [-0.3, -0.25) is 0 Å². The van der Waals surface area contributed by atoms with Gasteiger partial charge in [0.05, 0.1) is 0 Å². The molecule has 0 aliphatic carbocycles. The van der Waals surface area contributed by atoms with Crippen LogP contribution in [0.15, 0.2) is 0 Å². The SMILES string of the molecule is CCCCCCCCCCCCCCCCCCN(C)OC(=O)N(C)CCCCCCCCCCCCCCCCCC. The smallest absolute Gasteiger partial charge is 0.351 e. The van der Waals surface area contributed by atoms with Gasteiger partial charge in [-0.15, -0.1) is 5.06 Å². The molecule has 258 valence electrons. The van der Waals surface area contributed by atoms with Crippen LogP contribution >= 0.6 is 0 Å². The summed E-state index contributed by atoms with van der Waals surface area (Å²) in [5.41, 5.74) is 0. The predicted molar refractivity (Wildman–Crippen MR) is 191 cm³/mol. The van der Waals surface area contributed by atoms with E-state index in [0.717, 1.165) is 25.9 Å². The molecule has 4 nitrogen and oxygen atoms in total. The predicted octanol–water partition coefficient (Wildman–Crippen LogP) is 13.4. The number of hydrogen-bond donors (Lipinski definition) is 0. The number of hydroxylamine groups is 2. The number of unbranched alkanes of at least 4 members (excludes halogenated alkanes) is 30. The number of hydrogen-bond acceptors (Lipinski definition) is 3. The second-order valence-electron chi connectivity index (χ2n) is 13.7. The summed E-state index contributed by atoms with van der Waals surface area (Å²) in [6, 6.07) is 0.